The molecule has 1 aliphatic carbocycles. The number of anilines is 2. The Morgan fingerprint density at radius 2 is 2.07 bits per heavy atom. The molecule has 0 spiro atoms. The first-order valence-corrected chi connectivity index (χ1v) is 9.97. The SMILES string of the molecule is CC(C)CC(=O)Nc1cc2c(NC3CCC(C)C3(C)C)c(C(N)=O)cnn2c1. The molecule has 7 nitrogen and oxygen atoms in total. The van der Waals surface area contributed by atoms with E-state index in [1.54, 1.807) is 10.7 Å². The fourth-order valence-corrected chi connectivity index (χ4v) is 3.98. The van der Waals surface area contributed by atoms with Crippen molar-refractivity contribution in [3.8, 4) is 0 Å². The van der Waals surface area contributed by atoms with E-state index in [-0.39, 0.29) is 23.3 Å². The molecule has 1 saturated carbocycles. The van der Waals surface area contributed by atoms with Gasteiger partial charge in [-0.3, -0.25) is 9.59 Å². The number of amides is 2. The minimum Gasteiger partial charge on any atom is -0.379 e. The number of primary amides is 1. The summed E-state index contributed by atoms with van der Waals surface area (Å²) >= 11 is 0. The molecule has 2 atom stereocenters. The molecule has 2 aromatic rings. The molecule has 28 heavy (non-hydrogen) atoms. The maximum absolute atomic E-state index is 12.1. The highest BCUT2D eigenvalue weighted by Crippen LogP contribution is 2.44. The van der Waals surface area contributed by atoms with Crippen LogP contribution in [0.25, 0.3) is 5.52 Å². The second-order valence-corrected chi connectivity index (χ2v) is 9.00. The molecule has 2 amide bonds. The topological polar surface area (TPSA) is 102 Å². The third-order valence-corrected chi connectivity index (χ3v) is 6.16. The number of nitrogens with zero attached hydrogens (tertiary/aromatic N) is 2. The lowest BCUT2D eigenvalue weighted by atomic mass is 9.80. The summed E-state index contributed by atoms with van der Waals surface area (Å²) in [4.78, 5) is 24.2. The fraction of sp³-hybridized carbons (Fsp3) is 0.571. The van der Waals surface area contributed by atoms with Gasteiger partial charge >= 0.3 is 0 Å². The molecular formula is C21H31N5O2. The van der Waals surface area contributed by atoms with Crippen molar-refractivity contribution < 1.29 is 9.59 Å². The predicted octanol–water partition coefficient (Wildman–Crippen LogP) is 3.65. The molecule has 3 rings (SSSR count). The smallest absolute Gasteiger partial charge is 0.252 e. The number of aromatic nitrogens is 2. The van der Waals surface area contributed by atoms with Crippen LogP contribution < -0.4 is 16.4 Å². The van der Waals surface area contributed by atoms with E-state index in [1.165, 1.54) is 6.20 Å². The van der Waals surface area contributed by atoms with Gasteiger partial charge in [0.25, 0.3) is 5.91 Å². The summed E-state index contributed by atoms with van der Waals surface area (Å²) < 4.78 is 1.67. The van der Waals surface area contributed by atoms with E-state index in [4.69, 9.17) is 5.73 Å². The van der Waals surface area contributed by atoms with Gasteiger partial charge in [-0.05, 0) is 36.2 Å². The highest BCUT2D eigenvalue weighted by atomic mass is 16.2. The van der Waals surface area contributed by atoms with Gasteiger partial charge < -0.3 is 16.4 Å². The van der Waals surface area contributed by atoms with Crippen LogP contribution in [0.1, 0.15) is 64.2 Å². The second kappa shape index (κ2) is 7.45. The van der Waals surface area contributed by atoms with Crippen LogP contribution in [0.15, 0.2) is 18.5 Å². The summed E-state index contributed by atoms with van der Waals surface area (Å²) in [6.45, 7) is 10.8. The van der Waals surface area contributed by atoms with Crippen LogP contribution in [0.2, 0.25) is 0 Å². The van der Waals surface area contributed by atoms with E-state index < -0.39 is 5.91 Å². The van der Waals surface area contributed by atoms with Crippen molar-refractivity contribution in [3.05, 3.63) is 24.0 Å². The summed E-state index contributed by atoms with van der Waals surface area (Å²) in [6.07, 6.45) is 5.86. The zero-order chi connectivity index (χ0) is 20.6. The van der Waals surface area contributed by atoms with Gasteiger partial charge in [0, 0.05) is 12.5 Å². The van der Waals surface area contributed by atoms with Gasteiger partial charge in [-0.1, -0.05) is 34.6 Å². The first kappa shape index (κ1) is 20.2. The Labute approximate surface area is 166 Å². The molecule has 152 valence electrons. The molecule has 0 bridgehead atoms. The van der Waals surface area contributed by atoms with Gasteiger partial charge in [0.05, 0.1) is 34.8 Å². The maximum Gasteiger partial charge on any atom is 0.252 e. The standard InChI is InChI=1S/C21H31N5O2/c1-12(2)8-18(27)24-14-9-16-19(15(20(22)28)10-23-26(16)11-14)25-17-7-6-13(3)21(17,4)5/h9-13,17,25H,6-8H2,1-5H3,(H2,22,28)(H,24,27). The van der Waals surface area contributed by atoms with Gasteiger partial charge in [0.2, 0.25) is 5.91 Å². The third kappa shape index (κ3) is 3.84. The van der Waals surface area contributed by atoms with Crippen molar-refractivity contribution in [2.45, 2.75) is 59.9 Å². The van der Waals surface area contributed by atoms with Gasteiger partial charge in [0.15, 0.2) is 0 Å². The largest absolute Gasteiger partial charge is 0.379 e. The van der Waals surface area contributed by atoms with E-state index in [9.17, 15) is 9.59 Å². The molecular weight excluding hydrogens is 354 g/mol. The average molecular weight is 386 g/mol. The lowest BCUT2D eigenvalue weighted by Gasteiger charge is -2.33. The van der Waals surface area contributed by atoms with Crippen molar-refractivity contribution >= 4 is 28.7 Å². The normalized spacial score (nSPS) is 21.2. The molecule has 2 aromatic heterocycles. The lowest BCUT2D eigenvalue weighted by Crippen LogP contribution is -2.35. The highest BCUT2D eigenvalue weighted by molar-refractivity contribution is 6.02. The zero-order valence-corrected chi connectivity index (χ0v) is 17.4. The number of carbonyl (C=O) groups is 2. The Kier molecular flexibility index (Phi) is 5.37. The van der Waals surface area contributed by atoms with Crippen LogP contribution in [0.4, 0.5) is 11.4 Å². The Morgan fingerprint density at radius 1 is 1.36 bits per heavy atom. The van der Waals surface area contributed by atoms with Crippen molar-refractivity contribution in [2.75, 3.05) is 10.6 Å². The monoisotopic (exact) mass is 385 g/mol. The Hall–Kier alpha value is -2.57. The van der Waals surface area contributed by atoms with Gasteiger partial charge in [0.1, 0.15) is 0 Å². The second-order valence-electron chi connectivity index (χ2n) is 9.00. The van der Waals surface area contributed by atoms with Crippen molar-refractivity contribution in [1.82, 2.24) is 9.61 Å². The predicted molar refractivity (Wildman–Crippen MR) is 111 cm³/mol. The van der Waals surface area contributed by atoms with Crippen LogP contribution in [0, 0.1) is 17.3 Å². The molecule has 7 heteroatoms. The maximum atomic E-state index is 12.1. The van der Waals surface area contributed by atoms with E-state index in [2.05, 4.69) is 36.5 Å². The van der Waals surface area contributed by atoms with Gasteiger partial charge in [-0.25, -0.2) is 4.52 Å². The molecule has 0 aromatic carbocycles. The summed E-state index contributed by atoms with van der Waals surface area (Å²) in [5.74, 6) is 0.298. The Balaban J connectivity index is 1.98. The molecule has 1 fully saturated rings. The minimum atomic E-state index is -0.520. The number of hydrogen-bond donors (Lipinski definition) is 3. The molecule has 0 radical (unpaired) electrons. The van der Waals surface area contributed by atoms with Crippen LogP contribution in [0.3, 0.4) is 0 Å². The quantitative estimate of drug-likeness (QED) is 0.706. The fourth-order valence-electron chi connectivity index (χ4n) is 3.98. The number of rotatable bonds is 6. The molecule has 0 saturated heterocycles. The average Bonchev–Trinajstić information content (AvgIpc) is 3.09. The van der Waals surface area contributed by atoms with E-state index in [0.29, 0.717) is 29.3 Å². The zero-order valence-electron chi connectivity index (χ0n) is 17.4. The van der Waals surface area contributed by atoms with Crippen LogP contribution in [-0.2, 0) is 4.79 Å². The number of carbonyl (C=O) groups excluding carboxylic acids is 2. The minimum absolute atomic E-state index is 0.0405. The summed E-state index contributed by atoms with van der Waals surface area (Å²) in [6, 6.07) is 2.06. The number of hydrogen-bond acceptors (Lipinski definition) is 4. The Bertz CT molecular complexity index is 900. The van der Waals surface area contributed by atoms with Crippen LogP contribution in [0.5, 0.6) is 0 Å². The summed E-state index contributed by atoms with van der Waals surface area (Å²) in [7, 11) is 0. The number of nitrogens with one attached hydrogen (secondary N) is 2. The number of fused-ring (bicyclic) bond motifs is 1. The lowest BCUT2D eigenvalue weighted by molar-refractivity contribution is -0.116. The van der Waals surface area contributed by atoms with Crippen molar-refractivity contribution in [2.24, 2.45) is 23.0 Å². The van der Waals surface area contributed by atoms with E-state index >= 15 is 0 Å². The molecule has 2 unspecified atom stereocenters. The van der Waals surface area contributed by atoms with Crippen molar-refractivity contribution in [3.63, 3.8) is 0 Å². The van der Waals surface area contributed by atoms with Crippen LogP contribution >= 0.6 is 0 Å². The summed E-state index contributed by atoms with van der Waals surface area (Å²) in [5.41, 5.74) is 8.14. The molecule has 0 aliphatic heterocycles. The van der Waals surface area contributed by atoms with Gasteiger partial charge in [-0.15, -0.1) is 0 Å². The van der Waals surface area contributed by atoms with Crippen molar-refractivity contribution in [1.29, 1.82) is 0 Å². The molecule has 4 N–H and O–H groups in total. The van der Waals surface area contributed by atoms with Gasteiger partial charge in [-0.2, -0.15) is 5.10 Å². The summed E-state index contributed by atoms with van der Waals surface area (Å²) in [5, 5.41) is 10.8. The molecule has 1 aliphatic rings. The Morgan fingerprint density at radius 3 is 2.64 bits per heavy atom. The van der Waals surface area contributed by atoms with E-state index in [1.807, 2.05) is 19.9 Å². The third-order valence-electron chi connectivity index (χ3n) is 6.16. The molecule has 2 heterocycles. The first-order valence-electron chi connectivity index (χ1n) is 9.97. The van der Waals surface area contributed by atoms with Crippen LogP contribution in [-0.4, -0.2) is 27.5 Å². The first-order chi connectivity index (χ1) is 13.1. The highest BCUT2D eigenvalue weighted by Gasteiger charge is 2.41. The van der Waals surface area contributed by atoms with E-state index in [0.717, 1.165) is 18.4 Å². The number of nitrogens with two attached hydrogens (primary N) is 1.